The summed E-state index contributed by atoms with van der Waals surface area (Å²) >= 11 is 1.29. The van der Waals surface area contributed by atoms with Gasteiger partial charge in [-0.2, -0.15) is 0 Å². The largest absolute Gasteiger partial charge is 0.493 e. The highest BCUT2D eigenvalue weighted by molar-refractivity contribution is 7.07. The Balaban J connectivity index is 1.55. The van der Waals surface area contributed by atoms with E-state index in [2.05, 4.69) is 6.07 Å². The molecule has 5 rings (SSSR count). The van der Waals surface area contributed by atoms with Crippen molar-refractivity contribution in [2.24, 2.45) is 4.99 Å². The average molecular weight is 555 g/mol. The number of thiazole rings is 1. The zero-order valence-electron chi connectivity index (χ0n) is 22.8. The second-order valence-electron chi connectivity index (χ2n) is 9.39. The third kappa shape index (κ3) is 5.35. The Morgan fingerprint density at radius 2 is 1.82 bits per heavy atom. The molecule has 0 N–H and O–H groups in total. The minimum absolute atomic E-state index is 0.229. The van der Waals surface area contributed by atoms with Gasteiger partial charge in [0.15, 0.2) is 16.3 Å². The summed E-state index contributed by atoms with van der Waals surface area (Å²) in [5, 5.41) is 0. The van der Waals surface area contributed by atoms with Gasteiger partial charge in [0.2, 0.25) is 0 Å². The molecule has 1 aliphatic rings. The van der Waals surface area contributed by atoms with Crippen LogP contribution in [-0.4, -0.2) is 24.8 Å². The van der Waals surface area contributed by atoms with Gasteiger partial charge >= 0.3 is 5.97 Å². The number of esters is 1. The summed E-state index contributed by atoms with van der Waals surface area (Å²) in [5.74, 6) is 0.689. The lowest BCUT2D eigenvalue weighted by atomic mass is 9.95. The van der Waals surface area contributed by atoms with Crippen LogP contribution in [0.1, 0.15) is 41.6 Å². The number of aromatic nitrogens is 1. The van der Waals surface area contributed by atoms with Gasteiger partial charge < -0.3 is 14.2 Å². The second kappa shape index (κ2) is 11.8. The molecule has 0 unspecified atom stereocenters. The number of hydrogen-bond acceptors (Lipinski definition) is 7. The molecule has 4 aromatic rings. The fraction of sp³-hybridized carbons (Fsp3) is 0.219. The van der Waals surface area contributed by atoms with Gasteiger partial charge in [0.25, 0.3) is 5.56 Å². The zero-order chi connectivity index (χ0) is 28.2. The molecule has 0 radical (unpaired) electrons. The predicted octanol–water partition coefficient (Wildman–Crippen LogP) is 4.69. The summed E-state index contributed by atoms with van der Waals surface area (Å²) in [4.78, 5) is 32.0. The highest BCUT2D eigenvalue weighted by Gasteiger charge is 2.33. The van der Waals surface area contributed by atoms with Crippen molar-refractivity contribution in [3.05, 3.63) is 126 Å². The summed E-state index contributed by atoms with van der Waals surface area (Å²) in [5.41, 5.74) is 4.60. The molecule has 3 aromatic carbocycles. The lowest BCUT2D eigenvalue weighted by molar-refractivity contribution is -0.136. The summed E-state index contributed by atoms with van der Waals surface area (Å²) in [6.07, 6.45) is 2.34. The zero-order valence-corrected chi connectivity index (χ0v) is 23.7. The van der Waals surface area contributed by atoms with Crippen molar-refractivity contribution < 1.29 is 19.0 Å². The SMILES string of the molecule is CCC1=C(C(=O)OC)[C@@H](c2ccccc2)n2c(s/c(=C\c3ccc(OCc4cccc(C)c4)c(OC)c3)c2=O)=N1. The molecule has 1 aliphatic heterocycles. The van der Waals surface area contributed by atoms with E-state index in [9.17, 15) is 9.59 Å². The van der Waals surface area contributed by atoms with Crippen LogP contribution in [0.4, 0.5) is 0 Å². The van der Waals surface area contributed by atoms with Gasteiger partial charge in [-0.05, 0) is 48.2 Å². The molecule has 0 saturated heterocycles. The van der Waals surface area contributed by atoms with E-state index in [1.807, 2.05) is 86.7 Å². The second-order valence-corrected chi connectivity index (χ2v) is 10.4. The quantitative estimate of drug-likeness (QED) is 0.295. The first kappa shape index (κ1) is 27.1. The standard InChI is InChI=1S/C32H30N2O5S/c1-5-24-28(31(36)38-4)29(23-12-7-6-8-13-23)34-30(35)27(40-32(34)33-24)18-21-14-15-25(26(17-21)37-3)39-19-22-11-9-10-20(2)16-22/h6-18,29H,5,19H2,1-4H3/b27-18-/t29-/m1/s1. The van der Waals surface area contributed by atoms with Gasteiger partial charge in [0, 0.05) is 0 Å². The molecule has 0 amide bonds. The van der Waals surface area contributed by atoms with Crippen molar-refractivity contribution in [2.75, 3.05) is 14.2 Å². The van der Waals surface area contributed by atoms with E-state index in [-0.39, 0.29) is 5.56 Å². The van der Waals surface area contributed by atoms with Crippen molar-refractivity contribution in [3.63, 3.8) is 0 Å². The maximum atomic E-state index is 13.8. The van der Waals surface area contributed by atoms with E-state index in [1.165, 1.54) is 24.0 Å². The molecular weight excluding hydrogens is 524 g/mol. The van der Waals surface area contributed by atoms with E-state index in [4.69, 9.17) is 19.2 Å². The molecule has 0 spiro atoms. The number of hydrogen-bond donors (Lipinski definition) is 0. The molecule has 7 nitrogen and oxygen atoms in total. The fourth-order valence-electron chi connectivity index (χ4n) is 4.82. The smallest absolute Gasteiger partial charge is 0.338 e. The maximum Gasteiger partial charge on any atom is 0.338 e. The van der Waals surface area contributed by atoms with Crippen molar-refractivity contribution in [3.8, 4) is 11.5 Å². The van der Waals surface area contributed by atoms with Crippen molar-refractivity contribution in [1.82, 2.24) is 4.57 Å². The number of carbonyl (C=O) groups is 1. The van der Waals surface area contributed by atoms with Crippen molar-refractivity contribution in [2.45, 2.75) is 32.9 Å². The van der Waals surface area contributed by atoms with E-state index in [0.717, 1.165) is 16.7 Å². The highest BCUT2D eigenvalue weighted by Crippen LogP contribution is 2.32. The lowest BCUT2D eigenvalue weighted by Gasteiger charge is -2.25. The van der Waals surface area contributed by atoms with Crippen LogP contribution in [0.15, 0.2) is 93.9 Å². The number of nitrogens with zero attached hydrogens (tertiary/aromatic N) is 2. The Bertz CT molecular complexity index is 1770. The number of allylic oxidation sites excluding steroid dienone is 1. The van der Waals surface area contributed by atoms with Gasteiger partial charge in [0.1, 0.15) is 6.61 Å². The molecule has 0 saturated carbocycles. The third-order valence-electron chi connectivity index (χ3n) is 6.73. The molecule has 1 atom stereocenters. The number of benzene rings is 3. The van der Waals surface area contributed by atoms with Crippen LogP contribution in [0.25, 0.3) is 6.08 Å². The van der Waals surface area contributed by atoms with Crippen LogP contribution in [0.2, 0.25) is 0 Å². The molecule has 0 fully saturated rings. The van der Waals surface area contributed by atoms with E-state index in [1.54, 1.807) is 11.7 Å². The van der Waals surface area contributed by atoms with Crippen LogP contribution in [-0.2, 0) is 16.1 Å². The molecule has 40 heavy (non-hydrogen) atoms. The Labute approximate surface area is 236 Å². The normalized spacial score (nSPS) is 14.9. The van der Waals surface area contributed by atoms with Gasteiger partial charge in [-0.1, -0.05) is 84.5 Å². The predicted molar refractivity (Wildman–Crippen MR) is 155 cm³/mol. The number of rotatable bonds is 8. The minimum atomic E-state index is -0.631. The van der Waals surface area contributed by atoms with Crippen molar-refractivity contribution in [1.29, 1.82) is 0 Å². The lowest BCUT2D eigenvalue weighted by Crippen LogP contribution is -2.40. The number of methoxy groups -OCH3 is 2. The Morgan fingerprint density at radius 3 is 2.52 bits per heavy atom. The fourth-order valence-corrected chi connectivity index (χ4v) is 5.84. The van der Waals surface area contributed by atoms with Gasteiger partial charge in [-0.25, -0.2) is 9.79 Å². The average Bonchev–Trinajstić information content (AvgIpc) is 3.29. The number of ether oxygens (including phenoxy) is 3. The van der Waals surface area contributed by atoms with Crippen LogP contribution < -0.4 is 24.4 Å². The third-order valence-corrected chi connectivity index (χ3v) is 7.71. The summed E-state index contributed by atoms with van der Waals surface area (Å²) < 4.78 is 18.8. The minimum Gasteiger partial charge on any atom is -0.493 e. The molecule has 204 valence electrons. The van der Waals surface area contributed by atoms with Crippen LogP contribution >= 0.6 is 11.3 Å². The molecule has 0 bridgehead atoms. The molecule has 1 aromatic heterocycles. The molecule has 0 aliphatic carbocycles. The Morgan fingerprint density at radius 1 is 1.02 bits per heavy atom. The van der Waals surface area contributed by atoms with Gasteiger partial charge in [-0.3, -0.25) is 9.36 Å². The van der Waals surface area contributed by atoms with E-state index in [0.29, 0.717) is 45.1 Å². The van der Waals surface area contributed by atoms with E-state index >= 15 is 0 Å². The van der Waals surface area contributed by atoms with Crippen molar-refractivity contribution >= 4 is 23.4 Å². The number of aryl methyl sites for hydroxylation is 1. The first-order valence-electron chi connectivity index (χ1n) is 13.0. The number of fused-ring (bicyclic) bond motifs is 1. The molecule has 8 heteroatoms. The first-order valence-corrected chi connectivity index (χ1v) is 13.8. The maximum absolute atomic E-state index is 13.8. The van der Waals surface area contributed by atoms with Crippen LogP contribution in [0.5, 0.6) is 11.5 Å². The Kier molecular flexibility index (Phi) is 7.98. The van der Waals surface area contributed by atoms with Gasteiger partial charge in [-0.15, -0.1) is 0 Å². The highest BCUT2D eigenvalue weighted by atomic mass is 32.1. The molecular formula is C32H30N2O5S. The number of carbonyl (C=O) groups excluding carboxylic acids is 1. The summed E-state index contributed by atoms with van der Waals surface area (Å²) in [6, 6.07) is 22.6. The topological polar surface area (TPSA) is 79.1 Å². The summed E-state index contributed by atoms with van der Waals surface area (Å²) in [7, 11) is 2.93. The van der Waals surface area contributed by atoms with E-state index < -0.39 is 12.0 Å². The first-order chi connectivity index (χ1) is 19.4. The molecule has 2 heterocycles. The monoisotopic (exact) mass is 554 g/mol. The summed E-state index contributed by atoms with van der Waals surface area (Å²) in [6.45, 7) is 4.40. The Hall–Kier alpha value is -4.43. The van der Waals surface area contributed by atoms with Crippen LogP contribution in [0, 0.1) is 6.92 Å². The van der Waals surface area contributed by atoms with Crippen LogP contribution in [0.3, 0.4) is 0 Å². The van der Waals surface area contributed by atoms with Gasteiger partial charge in [0.05, 0.1) is 36.1 Å².